The number of halogens is 1. The van der Waals surface area contributed by atoms with E-state index in [1.807, 2.05) is 19.9 Å². The summed E-state index contributed by atoms with van der Waals surface area (Å²) in [5, 5.41) is 4.41. The van der Waals surface area contributed by atoms with Gasteiger partial charge in [-0.3, -0.25) is 0 Å². The van der Waals surface area contributed by atoms with Gasteiger partial charge in [0.25, 0.3) is 0 Å². The maximum absolute atomic E-state index is 12.1. The SMILES string of the molecule is CC(C)=COC(=O)c1c(-c2ccccc2Cl)noc1C. The number of carbonyl (C=O) groups is 1. The molecule has 0 aliphatic heterocycles. The summed E-state index contributed by atoms with van der Waals surface area (Å²) < 4.78 is 10.2. The van der Waals surface area contributed by atoms with Crippen molar-refractivity contribution in [2.75, 3.05) is 0 Å². The molecule has 0 saturated heterocycles. The quantitative estimate of drug-likeness (QED) is 0.622. The molecule has 0 N–H and O–H groups in total. The van der Waals surface area contributed by atoms with Gasteiger partial charge in [-0.2, -0.15) is 0 Å². The predicted molar refractivity (Wildman–Crippen MR) is 76.5 cm³/mol. The molecule has 4 nitrogen and oxygen atoms in total. The number of rotatable bonds is 3. The van der Waals surface area contributed by atoms with E-state index in [0.717, 1.165) is 5.57 Å². The lowest BCUT2D eigenvalue weighted by atomic mass is 10.1. The first-order chi connectivity index (χ1) is 9.50. The van der Waals surface area contributed by atoms with E-state index in [1.54, 1.807) is 25.1 Å². The molecule has 2 rings (SSSR count). The standard InChI is InChI=1S/C15H14ClNO3/c1-9(2)8-19-15(18)13-10(3)20-17-14(13)11-6-4-5-7-12(11)16/h4-8H,1-3H3. The van der Waals surface area contributed by atoms with Gasteiger partial charge in [0.2, 0.25) is 0 Å². The molecule has 0 fully saturated rings. The summed E-state index contributed by atoms with van der Waals surface area (Å²) in [6.45, 7) is 5.33. The maximum atomic E-state index is 12.1. The number of aromatic nitrogens is 1. The van der Waals surface area contributed by atoms with Gasteiger partial charge in [0, 0.05) is 5.56 Å². The highest BCUT2D eigenvalue weighted by Crippen LogP contribution is 2.31. The molecule has 0 bridgehead atoms. The lowest BCUT2D eigenvalue weighted by Crippen LogP contribution is -2.03. The highest BCUT2D eigenvalue weighted by molar-refractivity contribution is 6.33. The zero-order valence-electron chi connectivity index (χ0n) is 11.4. The molecule has 0 radical (unpaired) electrons. The number of aryl methyl sites for hydroxylation is 1. The van der Waals surface area contributed by atoms with Crippen LogP contribution in [-0.2, 0) is 4.74 Å². The van der Waals surface area contributed by atoms with Crippen molar-refractivity contribution in [2.24, 2.45) is 0 Å². The Kier molecular flexibility index (Phi) is 4.25. The second-order valence-electron chi connectivity index (χ2n) is 4.54. The third-order valence-electron chi connectivity index (χ3n) is 2.60. The normalized spacial score (nSPS) is 10.2. The molecule has 5 heteroatoms. The van der Waals surface area contributed by atoms with Crippen LogP contribution in [0.1, 0.15) is 30.0 Å². The Balaban J connectivity index is 2.45. The highest BCUT2D eigenvalue weighted by atomic mass is 35.5. The van der Waals surface area contributed by atoms with Gasteiger partial charge >= 0.3 is 5.97 Å². The number of benzene rings is 1. The summed E-state index contributed by atoms with van der Waals surface area (Å²) in [5.74, 6) is -0.119. The van der Waals surface area contributed by atoms with E-state index in [2.05, 4.69) is 5.16 Å². The third kappa shape index (κ3) is 2.91. The van der Waals surface area contributed by atoms with Crippen LogP contribution in [0.3, 0.4) is 0 Å². The van der Waals surface area contributed by atoms with E-state index in [0.29, 0.717) is 22.0 Å². The van der Waals surface area contributed by atoms with Crippen molar-refractivity contribution >= 4 is 17.6 Å². The number of carbonyl (C=O) groups excluding carboxylic acids is 1. The monoisotopic (exact) mass is 291 g/mol. The van der Waals surface area contributed by atoms with Crippen molar-refractivity contribution in [2.45, 2.75) is 20.8 Å². The summed E-state index contributed by atoms with van der Waals surface area (Å²) in [6.07, 6.45) is 1.39. The number of esters is 1. The van der Waals surface area contributed by atoms with Gasteiger partial charge in [0.15, 0.2) is 0 Å². The minimum atomic E-state index is -0.514. The van der Waals surface area contributed by atoms with Gasteiger partial charge in [-0.25, -0.2) is 4.79 Å². The first kappa shape index (κ1) is 14.3. The molecule has 1 aromatic carbocycles. The largest absolute Gasteiger partial charge is 0.431 e. The molecule has 20 heavy (non-hydrogen) atoms. The molecule has 0 aliphatic rings. The fourth-order valence-electron chi connectivity index (χ4n) is 1.68. The van der Waals surface area contributed by atoms with Gasteiger partial charge in [0.1, 0.15) is 17.0 Å². The summed E-state index contributed by atoms with van der Waals surface area (Å²) in [5.41, 5.74) is 2.19. The predicted octanol–water partition coefficient (Wildman–Crippen LogP) is 4.38. The summed E-state index contributed by atoms with van der Waals surface area (Å²) in [4.78, 5) is 12.1. The number of ether oxygens (including phenoxy) is 1. The van der Waals surface area contributed by atoms with Gasteiger partial charge in [-0.1, -0.05) is 35.0 Å². The first-order valence-electron chi connectivity index (χ1n) is 6.06. The molecule has 0 saturated carbocycles. The van der Waals surface area contributed by atoms with E-state index in [-0.39, 0.29) is 5.56 Å². The van der Waals surface area contributed by atoms with E-state index >= 15 is 0 Å². The second-order valence-corrected chi connectivity index (χ2v) is 4.95. The third-order valence-corrected chi connectivity index (χ3v) is 2.93. The van der Waals surface area contributed by atoms with Crippen molar-refractivity contribution in [1.29, 1.82) is 0 Å². The van der Waals surface area contributed by atoms with Crippen LogP contribution >= 0.6 is 11.6 Å². The van der Waals surface area contributed by atoms with Crippen LogP contribution < -0.4 is 0 Å². The van der Waals surface area contributed by atoms with Gasteiger partial charge in [0.05, 0.1) is 11.3 Å². The van der Waals surface area contributed by atoms with Gasteiger partial charge < -0.3 is 9.26 Å². The minimum absolute atomic E-state index is 0.288. The lowest BCUT2D eigenvalue weighted by molar-refractivity contribution is 0.0659. The van der Waals surface area contributed by atoms with Crippen molar-refractivity contribution in [3.05, 3.63) is 52.4 Å². The molecule has 1 heterocycles. The number of hydrogen-bond donors (Lipinski definition) is 0. The van der Waals surface area contributed by atoms with Crippen LogP contribution in [0.4, 0.5) is 0 Å². The van der Waals surface area contributed by atoms with Crippen molar-refractivity contribution in [3.63, 3.8) is 0 Å². The van der Waals surface area contributed by atoms with E-state index in [4.69, 9.17) is 20.9 Å². The molecular formula is C15H14ClNO3. The van der Waals surface area contributed by atoms with Crippen LogP contribution in [0, 0.1) is 6.92 Å². The Labute approximate surface area is 122 Å². The molecule has 0 spiro atoms. The Morgan fingerprint density at radius 1 is 1.35 bits per heavy atom. The molecule has 0 unspecified atom stereocenters. The smallest absolute Gasteiger partial charge is 0.348 e. The van der Waals surface area contributed by atoms with Crippen LogP contribution in [-0.4, -0.2) is 11.1 Å². The second kappa shape index (κ2) is 5.92. The van der Waals surface area contributed by atoms with E-state index in [1.165, 1.54) is 6.26 Å². The zero-order chi connectivity index (χ0) is 14.7. The summed E-state index contributed by atoms with van der Waals surface area (Å²) >= 11 is 6.13. The molecule has 104 valence electrons. The Hall–Kier alpha value is -2.07. The number of allylic oxidation sites excluding steroid dienone is 1. The maximum Gasteiger partial charge on any atom is 0.348 e. The minimum Gasteiger partial charge on any atom is -0.431 e. The van der Waals surface area contributed by atoms with Crippen molar-refractivity contribution < 1.29 is 14.1 Å². The lowest BCUT2D eigenvalue weighted by Gasteiger charge is -2.03. The number of hydrogen-bond acceptors (Lipinski definition) is 4. The Morgan fingerprint density at radius 2 is 2.05 bits per heavy atom. The molecule has 0 atom stereocenters. The Bertz CT molecular complexity index is 670. The first-order valence-corrected chi connectivity index (χ1v) is 6.44. The van der Waals surface area contributed by atoms with E-state index < -0.39 is 5.97 Å². The Morgan fingerprint density at radius 3 is 2.70 bits per heavy atom. The molecule has 0 aliphatic carbocycles. The number of nitrogens with zero attached hydrogens (tertiary/aromatic N) is 1. The molecule has 2 aromatic rings. The average Bonchev–Trinajstić information content (AvgIpc) is 2.78. The average molecular weight is 292 g/mol. The fraction of sp³-hybridized carbons (Fsp3) is 0.200. The van der Waals surface area contributed by atoms with Crippen LogP contribution in [0.2, 0.25) is 5.02 Å². The van der Waals surface area contributed by atoms with Gasteiger partial charge in [-0.15, -0.1) is 0 Å². The van der Waals surface area contributed by atoms with E-state index in [9.17, 15) is 4.79 Å². The fourth-order valence-corrected chi connectivity index (χ4v) is 1.91. The summed E-state index contributed by atoms with van der Waals surface area (Å²) in [6, 6.07) is 7.12. The van der Waals surface area contributed by atoms with Crippen LogP contribution in [0.15, 0.2) is 40.6 Å². The zero-order valence-corrected chi connectivity index (χ0v) is 12.2. The van der Waals surface area contributed by atoms with Crippen molar-refractivity contribution in [1.82, 2.24) is 5.16 Å². The highest BCUT2D eigenvalue weighted by Gasteiger charge is 2.23. The van der Waals surface area contributed by atoms with Crippen molar-refractivity contribution in [3.8, 4) is 11.3 Å². The molecule has 0 amide bonds. The van der Waals surface area contributed by atoms with Crippen LogP contribution in [0.5, 0.6) is 0 Å². The summed E-state index contributed by atoms with van der Waals surface area (Å²) in [7, 11) is 0. The topological polar surface area (TPSA) is 52.3 Å². The molecule has 1 aromatic heterocycles. The van der Waals surface area contributed by atoms with Gasteiger partial charge in [-0.05, 0) is 32.4 Å². The van der Waals surface area contributed by atoms with Crippen LogP contribution in [0.25, 0.3) is 11.3 Å². The molecular weight excluding hydrogens is 278 g/mol.